The van der Waals surface area contributed by atoms with E-state index >= 15 is 0 Å². The van der Waals surface area contributed by atoms with Gasteiger partial charge in [-0.3, -0.25) is 0 Å². The topological polar surface area (TPSA) is 43.4 Å². The van der Waals surface area contributed by atoms with Crippen LogP contribution >= 0.6 is 15.9 Å². The van der Waals surface area contributed by atoms with Crippen LogP contribution in [0.5, 0.6) is 0 Å². The number of hydrogen-bond donors (Lipinski definition) is 0. The molecule has 3 nitrogen and oxygen atoms in total. The number of fused-ring (bicyclic) bond motifs is 1. The van der Waals surface area contributed by atoms with Gasteiger partial charge in [-0.1, -0.05) is 46.3 Å². The Bertz CT molecular complexity index is 856. The molecule has 0 saturated carbocycles. The number of halogens is 3. The summed E-state index contributed by atoms with van der Waals surface area (Å²) in [5, 5.41) is 0. The second-order valence-electron chi connectivity index (χ2n) is 5.71. The van der Waals surface area contributed by atoms with Crippen LogP contribution in [0.2, 0.25) is 0 Å². The predicted molar refractivity (Wildman–Crippen MR) is 90.0 cm³/mol. The summed E-state index contributed by atoms with van der Waals surface area (Å²) < 4.78 is 58.9. The maximum Gasteiger partial charge on any atom is 0.175 e. The smallest absolute Gasteiger partial charge is 0.175 e. The number of sulfone groups is 1. The second kappa shape index (κ2) is 6.54. The zero-order valence-corrected chi connectivity index (χ0v) is 15.1. The number of benzene rings is 2. The normalized spacial score (nSPS) is 23.2. The number of alkyl halides is 2. The zero-order chi connectivity index (χ0) is 17.5. The van der Waals surface area contributed by atoms with Gasteiger partial charge in [0.2, 0.25) is 0 Å². The molecule has 0 saturated heterocycles. The van der Waals surface area contributed by atoms with Crippen molar-refractivity contribution in [3.05, 3.63) is 63.6 Å². The Hall–Kier alpha value is -1.31. The summed E-state index contributed by atoms with van der Waals surface area (Å²) >= 11 is 3.18. The lowest BCUT2D eigenvalue weighted by molar-refractivity contribution is -0.0279. The second-order valence-corrected chi connectivity index (χ2v) is 8.55. The van der Waals surface area contributed by atoms with Gasteiger partial charge in [-0.2, -0.15) is 0 Å². The third-order valence-electron chi connectivity index (χ3n) is 3.99. The van der Waals surface area contributed by atoms with Crippen LogP contribution in [0.25, 0.3) is 0 Å². The quantitative estimate of drug-likeness (QED) is 0.737. The lowest BCUT2D eigenvalue weighted by Gasteiger charge is -2.18. The van der Waals surface area contributed by atoms with Gasteiger partial charge in [0.1, 0.15) is 6.10 Å². The van der Waals surface area contributed by atoms with Crippen molar-refractivity contribution in [3.63, 3.8) is 0 Å². The summed E-state index contributed by atoms with van der Waals surface area (Å²) in [6.07, 6.45) is -4.14. The average molecular weight is 417 g/mol. The third kappa shape index (κ3) is 3.12. The molecule has 0 fully saturated rings. The highest BCUT2D eigenvalue weighted by atomic mass is 79.9. The molecule has 0 bridgehead atoms. The van der Waals surface area contributed by atoms with Gasteiger partial charge in [0.15, 0.2) is 22.2 Å². The molecule has 0 spiro atoms. The van der Waals surface area contributed by atoms with Gasteiger partial charge in [0, 0.05) is 21.9 Å². The molecule has 0 aliphatic heterocycles. The van der Waals surface area contributed by atoms with Crippen molar-refractivity contribution in [1.82, 2.24) is 0 Å². The van der Waals surface area contributed by atoms with Crippen molar-refractivity contribution in [2.45, 2.75) is 29.9 Å². The Morgan fingerprint density at radius 2 is 1.75 bits per heavy atom. The Labute approximate surface area is 147 Å². The SMILES string of the molecule is CS(=O)(=O)c1ccc(Br)c2c1[C@H](OCc1ccccc1)[C@H](F)[C@H]2F. The molecule has 0 aromatic heterocycles. The van der Waals surface area contributed by atoms with Crippen LogP contribution in [0, 0.1) is 0 Å². The van der Waals surface area contributed by atoms with Crippen LogP contribution < -0.4 is 0 Å². The number of hydrogen-bond acceptors (Lipinski definition) is 3. The number of rotatable bonds is 4. The third-order valence-corrected chi connectivity index (χ3v) is 5.84. The van der Waals surface area contributed by atoms with Gasteiger partial charge in [-0.05, 0) is 17.7 Å². The molecule has 0 unspecified atom stereocenters. The first kappa shape index (κ1) is 17.5. The van der Waals surface area contributed by atoms with Crippen molar-refractivity contribution in [3.8, 4) is 0 Å². The fourth-order valence-electron chi connectivity index (χ4n) is 2.89. The molecule has 0 amide bonds. The van der Waals surface area contributed by atoms with Crippen LogP contribution in [-0.4, -0.2) is 20.8 Å². The van der Waals surface area contributed by atoms with Gasteiger partial charge in [-0.25, -0.2) is 17.2 Å². The van der Waals surface area contributed by atoms with Crippen molar-refractivity contribution in [2.75, 3.05) is 6.26 Å². The van der Waals surface area contributed by atoms with E-state index in [9.17, 15) is 17.2 Å². The average Bonchev–Trinajstić information content (AvgIpc) is 2.78. The fraction of sp³-hybridized carbons (Fsp3) is 0.294. The summed E-state index contributed by atoms with van der Waals surface area (Å²) in [6, 6.07) is 11.8. The van der Waals surface area contributed by atoms with E-state index in [0.29, 0.717) is 4.47 Å². The minimum absolute atomic E-state index is 0.0171. The van der Waals surface area contributed by atoms with Gasteiger partial charge in [0.25, 0.3) is 0 Å². The molecule has 0 heterocycles. The molecule has 24 heavy (non-hydrogen) atoms. The summed E-state index contributed by atoms with van der Waals surface area (Å²) in [5.41, 5.74) is 0.885. The van der Waals surface area contributed by atoms with E-state index in [2.05, 4.69) is 15.9 Å². The minimum Gasteiger partial charge on any atom is -0.366 e. The van der Waals surface area contributed by atoms with Gasteiger partial charge < -0.3 is 4.74 Å². The molecule has 3 atom stereocenters. The lowest BCUT2D eigenvalue weighted by Crippen LogP contribution is -2.15. The predicted octanol–water partition coefficient (Wildman–Crippen LogP) is 4.47. The van der Waals surface area contributed by atoms with Gasteiger partial charge >= 0.3 is 0 Å². The maximum atomic E-state index is 14.5. The monoisotopic (exact) mass is 416 g/mol. The van der Waals surface area contributed by atoms with Crippen LogP contribution in [-0.2, 0) is 21.2 Å². The largest absolute Gasteiger partial charge is 0.366 e. The van der Waals surface area contributed by atoms with Crippen LogP contribution in [0.1, 0.15) is 29.0 Å². The summed E-state index contributed by atoms with van der Waals surface area (Å²) in [7, 11) is -3.64. The van der Waals surface area contributed by atoms with Crippen molar-refractivity contribution >= 4 is 25.8 Å². The highest BCUT2D eigenvalue weighted by Gasteiger charge is 2.46. The molecule has 2 aromatic carbocycles. The maximum absolute atomic E-state index is 14.5. The lowest BCUT2D eigenvalue weighted by atomic mass is 10.1. The molecular weight excluding hydrogens is 402 g/mol. The van der Waals surface area contributed by atoms with Crippen LogP contribution in [0.3, 0.4) is 0 Å². The Balaban J connectivity index is 2.03. The molecule has 128 valence electrons. The Kier molecular flexibility index (Phi) is 4.77. The van der Waals surface area contributed by atoms with Crippen LogP contribution in [0.15, 0.2) is 51.8 Å². The first-order valence-electron chi connectivity index (χ1n) is 7.26. The Morgan fingerprint density at radius 3 is 2.38 bits per heavy atom. The molecular formula is C17H15BrF2O3S. The van der Waals surface area contributed by atoms with E-state index < -0.39 is 28.3 Å². The highest BCUT2D eigenvalue weighted by Crippen LogP contribution is 2.50. The molecule has 1 aliphatic rings. The van der Waals surface area contributed by atoms with E-state index in [1.54, 1.807) is 12.1 Å². The summed E-state index contributed by atoms with van der Waals surface area (Å²) in [6.45, 7) is 0.0633. The van der Waals surface area contributed by atoms with E-state index in [4.69, 9.17) is 4.74 Å². The standard InChI is InChI=1S/C17H15BrF2O3S/c1-24(21,22)12-8-7-11(18)13-14(12)17(16(20)15(13)19)23-9-10-5-3-2-4-6-10/h2-8,15-17H,9H2,1H3/t15-,16+,17-/m0/s1. The van der Waals surface area contributed by atoms with Crippen molar-refractivity contribution < 1.29 is 21.9 Å². The Morgan fingerprint density at radius 1 is 1.08 bits per heavy atom. The molecule has 0 N–H and O–H groups in total. The van der Waals surface area contributed by atoms with E-state index in [1.165, 1.54) is 12.1 Å². The first-order chi connectivity index (χ1) is 11.3. The van der Waals surface area contributed by atoms with Crippen molar-refractivity contribution in [1.29, 1.82) is 0 Å². The van der Waals surface area contributed by atoms with Crippen LogP contribution in [0.4, 0.5) is 8.78 Å². The minimum atomic E-state index is -3.64. The zero-order valence-electron chi connectivity index (χ0n) is 12.7. The van der Waals surface area contributed by atoms with Crippen molar-refractivity contribution in [2.24, 2.45) is 0 Å². The van der Waals surface area contributed by atoms with Gasteiger partial charge in [-0.15, -0.1) is 0 Å². The van der Waals surface area contributed by atoms with Gasteiger partial charge in [0.05, 0.1) is 11.5 Å². The molecule has 1 aliphatic carbocycles. The van der Waals surface area contributed by atoms with E-state index in [0.717, 1.165) is 11.8 Å². The molecule has 0 radical (unpaired) electrons. The number of ether oxygens (including phenoxy) is 1. The first-order valence-corrected chi connectivity index (χ1v) is 9.95. The molecule has 7 heteroatoms. The summed E-state index contributed by atoms with van der Waals surface area (Å²) in [4.78, 5) is -0.0958. The molecule has 3 rings (SSSR count). The van der Waals surface area contributed by atoms with E-state index in [-0.39, 0.29) is 22.6 Å². The highest BCUT2D eigenvalue weighted by molar-refractivity contribution is 9.10. The van der Waals surface area contributed by atoms with E-state index in [1.807, 2.05) is 18.2 Å². The summed E-state index contributed by atoms with van der Waals surface area (Å²) in [5.74, 6) is 0. The molecule has 2 aromatic rings. The fourth-order valence-corrected chi connectivity index (χ4v) is 4.40.